The van der Waals surface area contributed by atoms with Crippen LogP contribution in [-0.4, -0.2) is 14.8 Å². The molecule has 67 valence electrons. The average molecular weight is 182 g/mol. The second kappa shape index (κ2) is 3.75. The second-order valence-corrected chi connectivity index (χ2v) is 2.69. The highest BCUT2D eigenvalue weighted by molar-refractivity contribution is 5.41. The van der Waals surface area contributed by atoms with Gasteiger partial charge >= 0.3 is 0 Å². The van der Waals surface area contributed by atoms with Crippen molar-refractivity contribution in [1.29, 1.82) is 0 Å². The van der Waals surface area contributed by atoms with E-state index in [2.05, 4.69) is 28.8 Å². The number of aromatic nitrogens is 3. The van der Waals surface area contributed by atoms with Crippen LogP contribution in [0, 0.1) is 18.8 Å². The molecule has 14 heavy (non-hydrogen) atoms. The van der Waals surface area contributed by atoms with E-state index in [0.29, 0.717) is 0 Å². The Morgan fingerprint density at radius 1 is 1.21 bits per heavy atom. The molecule has 0 atom stereocenters. The molecule has 0 unspecified atom stereocenters. The summed E-state index contributed by atoms with van der Waals surface area (Å²) in [5, 5.41) is 4.02. The Kier molecular flexibility index (Phi) is 2.28. The summed E-state index contributed by atoms with van der Waals surface area (Å²) in [5.41, 5.74) is 1.92. The van der Waals surface area contributed by atoms with Crippen molar-refractivity contribution in [2.75, 3.05) is 0 Å². The molecule has 0 N–H and O–H groups in total. The van der Waals surface area contributed by atoms with Crippen LogP contribution in [0.2, 0.25) is 0 Å². The number of rotatable bonds is 1. The third-order valence-electron chi connectivity index (χ3n) is 1.78. The third kappa shape index (κ3) is 1.64. The highest BCUT2D eigenvalue weighted by Crippen LogP contribution is 2.06. The highest BCUT2D eigenvalue weighted by atomic mass is 15.3. The molecule has 2 aromatic rings. The lowest BCUT2D eigenvalue weighted by molar-refractivity contribution is 0.879. The van der Waals surface area contributed by atoms with Gasteiger partial charge in [0.1, 0.15) is 12.7 Å². The van der Waals surface area contributed by atoms with E-state index >= 15 is 0 Å². The molecule has 1 heterocycles. The average Bonchev–Trinajstić information content (AvgIpc) is 2.72. The van der Waals surface area contributed by atoms with Crippen LogP contribution in [0.3, 0.4) is 0 Å². The van der Waals surface area contributed by atoms with Gasteiger partial charge < -0.3 is 0 Å². The topological polar surface area (TPSA) is 30.7 Å². The molecular formula is C11H8N3. The first-order chi connectivity index (χ1) is 6.90. The van der Waals surface area contributed by atoms with E-state index in [1.165, 1.54) is 6.33 Å². The number of hydrogen-bond donors (Lipinski definition) is 0. The van der Waals surface area contributed by atoms with E-state index in [1.54, 1.807) is 11.0 Å². The lowest BCUT2D eigenvalue weighted by atomic mass is 10.2. The molecule has 2 rings (SSSR count). The summed E-state index contributed by atoms with van der Waals surface area (Å²) in [7, 11) is 0. The maximum Gasteiger partial charge on any atom is 0.138 e. The van der Waals surface area contributed by atoms with Crippen LogP contribution in [0.5, 0.6) is 0 Å². The normalized spacial score (nSPS) is 9.21. The summed E-state index contributed by atoms with van der Waals surface area (Å²) < 4.78 is 1.70. The number of hydrogen-bond acceptors (Lipinski definition) is 2. The van der Waals surface area contributed by atoms with Crippen molar-refractivity contribution in [3.8, 4) is 17.5 Å². The summed E-state index contributed by atoms with van der Waals surface area (Å²) in [6, 6.07) is 7.73. The van der Waals surface area contributed by atoms with Crippen molar-refractivity contribution in [3.05, 3.63) is 49.4 Å². The number of benzene rings is 1. The lowest BCUT2D eigenvalue weighted by Gasteiger charge is -1.98. The van der Waals surface area contributed by atoms with Gasteiger partial charge in [0.2, 0.25) is 0 Å². The molecular weight excluding hydrogens is 174 g/mol. The first kappa shape index (κ1) is 8.52. The zero-order valence-corrected chi connectivity index (χ0v) is 7.51. The zero-order chi connectivity index (χ0) is 9.80. The lowest BCUT2D eigenvalue weighted by Crippen LogP contribution is -1.93. The van der Waals surface area contributed by atoms with Crippen molar-refractivity contribution in [2.45, 2.75) is 0 Å². The van der Waals surface area contributed by atoms with Gasteiger partial charge in [-0.05, 0) is 24.3 Å². The van der Waals surface area contributed by atoms with E-state index in [-0.39, 0.29) is 0 Å². The largest absolute Gasteiger partial charge is 0.223 e. The fourth-order valence-corrected chi connectivity index (χ4v) is 1.14. The van der Waals surface area contributed by atoms with Gasteiger partial charge in [0.15, 0.2) is 0 Å². The van der Waals surface area contributed by atoms with Gasteiger partial charge in [-0.1, -0.05) is 11.8 Å². The molecule has 0 saturated carbocycles. The number of nitrogens with zero attached hydrogens (tertiary/aromatic N) is 3. The summed E-state index contributed by atoms with van der Waals surface area (Å²) in [4.78, 5) is 3.87. The van der Waals surface area contributed by atoms with Crippen molar-refractivity contribution in [2.24, 2.45) is 0 Å². The van der Waals surface area contributed by atoms with Crippen LogP contribution in [0.25, 0.3) is 5.69 Å². The van der Waals surface area contributed by atoms with Crippen LogP contribution in [-0.2, 0) is 0 Å². The van der Waals surface area contributed by atoms with E-state index < -0.39 is 0 Å². The van der Waals surface area contributed by atoms with E-state index in [1.807, 2.05) is 24.3 Å². The SMILES string of the molecule is [CH2]C#Cc1ccc(-n2cncn2)cc1. The standard InChI is InChI=1S/C11H8N3/c1-2-3-10-4-6-11(7-5-10)14-9-12-8-13-14/h4-9H,1H2. The van der Waals surface area contributed by atoms with Gasteiger partial charge in [-0.3, -0.25) is 0 Å². The fraction of sp³-hybridized carbons (Fsp3) is 0. The van der Waals surface area contributed by atoms with Gasteiger partial charge in [0.05, 0.1) is 5.69 Å². The molecule has 0 aliphatic rings. The Morgan fingerprint density at radius 2 is 2.00 bits per heavy atom. The summed E-state index contributed by atoms with van der Waals surface area (Å²) in [6.45, 7) is 3.46. The van der Waals surface area contributed by atoms with Gasteiger partial charge in [-0.15, -0.1) is 0 Å². The Morgan fingerprint density at radius 3 is 2.57 bits per heavy atom. The van der Waals surface area contributed by atoms with Crippen LogP contribution in [0.4, 0.5) is 0 Å². The molecule has 0 aliphatic carbocycles. The monoisotopic (exact) mass is 182 g/mol. The first-order valence-electron chi connectivity index (χ1n) is 4.13. The Labute approximate surface area is 82.4 Å². The molecule has 0 fully saturated rings. The molecule has 0 saturated heterocycles. The van der Waals surface area contributed by atoms with Crippen LogP contribution in [0.1, 0.15) is 5.56 Å². The quantitative estimate of drug-likeness (QED) is 0.625. The molecule has 3 heteroatoms. The fourth-order valence-electron chi connectivity index (χ4n) is 1.14. The minimum Gasteiger partial charge on any atom is -0.223 e. The van der Waals surface area contributed by atoms with E-state index in [4.69, 9.17) is 0 Å². The van der Waals surface area contributed by atoms with Gasteiger partial charge in [0.25, 0.3) is 0 Å². The van der Waals surface area contributed by atoms with Crippen molar-refractivity contribution in [3.63, 3.8) is 0 Å². The maximum atomic E-state index is 4.02. The Bertz CT molecular complexity index is 457. The van der Waals surface area contributed by atoms with Crippen molar-refractivity contribution in [1.82, 2.24) is 14.8 Å². The minimum absolute atomic E-state index is 0.948. The van der Waals surface area contributed by atoms with E-state index in [0.717, 1.165) is 11.3 Å². The van der Waals surface area contributed by atoms with E-state index in [9.17, 15) is 0 Å². The van der Waals surface area contributed by atoms with Gasteiger partial charge in [-0.2, -0.15) is 5.10 Å². The smallest absolute Gasteiger partial charge is 0.138 e. The van der Waals surface area contributed by atoms with Crippen LogP contribution < -0.4 is 0 Å². The summed E-state index contributed by atoms with van der Waals surface area (Å²) >= 11 is 0. The molecule has 0 amide bonds. The van der Waals surface area contributed by atoms with Gasteiger partial charge in [0, 0.05) is 12.5 Å². The molecule has 1 radical (unpaired) electrons. The Balaban J connectivity index is 2.34. The molecule has 1 aromatic carbocycles. The first-order valence-corrected chi connectivity index (χ1v) is 4.13. The van der Waals surface area contributed by atoms with Crippen LogP contribution in [0.15, 0.2) is 36.9 Å². The van der Waals surface area contributed by atoms with Crippen molar-refractivity contribution < 1.29 is 0 Å². The van der Waals surface area contributed by atoms with Crippen molar-refractivity contribution >= 4 is 0 Å². The predicted molar refractivity (Wildman–Crippen MR) is 53.6 cm³/mol. The summed E-state index contributed by atoms with van der Waals surface area (Å²) in [5.74, 6) is 5.48. The van der Waals surface area contributed by atoms with Gasteiger partial charge in [-0.25, -0.2) is 9.67 Å². The molecule has 3 nitrogen and oxygen atoms in total. The predicted octanol–water partition coefficient (Wildman–Crippen LogP) is 1.45. The zero-order valence-electron chi connectivity index (χ0n) is 7.51. The second-order valence-electron chi connectivity index (χ2n) is 2.69. The highest BCUT2D eigenvalue weighted by Gasteiger charge is 1.94. The molecule has 0 spiro atoms. The molecule has 0 bridgehead atoms. The Hall–Kier alpha value is -2.08. The minimum atomic E-state index is 0.948. The summed E-state index contributed by atoms with van der Waals surface area (Å²) in [6.07, 6.45) is 3.16. The third-order valence-corrected chi connectivity index (χ3v) is 1.78. The maximum absolute atomic E-state index is 4.02. The molecule has 1 aromatic heterocycles. The molecule has 0 aliphatic heterocycles. The van der Waals surface area contributed by atoms with Crippen LogP contribution >= 0.6 is 0 Å².